The number of rotatable bonds is 4. The van der Waals surface area contributed by atoms with Crippen LogP contribution in [0, 0.1) is 0 Å². The predicted octanol–water partition coefficient (Wildman–Crippen LogP) is 1.48. The van der Waals surface area contributed by atoms with Gasteiger partial charge in [0.2, 0.25) is 5.76 Å². The number of aromatic nitrogens is 4. The lowest BCUT2D eigenvalue weighted by Gasteiger charge is -2.40. The van der Waals surface area contributed by atoms with E-state index in [1.54, 1.807) is 6.07 Å². The van der Waals surface area contributed by atoms with Gasteiger partial charge >= 0.3 is 0 Å². The van der Waals surface area contributed by atoms with E-state index in [1.165, 1.54) is 6.33 Å². The molecule has 2 N–H and O–H groups in total. The summed E-state index contributed by atoms with van der Waals surface area (Å²) < 4.78 is 5.15. The first-order valence-electron chi connectivity index (χ1n) is 6.92. The third-order valence-electron chi connectivity index (χ3n) is 4.18. The topological polar surface area (TPSA) is 96.7 Å². The molecule has 0 atom stereocenters. The Morgan fingerprint density at radius 2 is 2.30 bits per heavy atom. The molecule has 2 aromatic rings. The molecule has 2 fully saturated rings. The Labute approximate surface area is 115 Å². The molecule has 0 aliphatic heterocycles. The lowest BCUT2D eigenvalue weighted by atomic mass is 9.76. The summed E-state index contributed by atoms with van der Waals surface area (Å²) in [5, 5.41) is 13.7. The van der Waals surface area contributed by atoms with Crippen LogP contribution in [0.1, 0.15) is 60.1 Å². The van der Waals surface area contributed by atoms with Gasteiger partial charge in [-0.15, -0.1) is 0 Å². The third-order valence-corrected chi connectivity index (χ3v) is 4.18. The summed E-state index contributed by atoms with van der Waals surface area (Å²) in [6.07, 6.45) is 6.51. The number of hydrogen-bond acceptors (Lipinski definition) is 5. The number of carbonyl (C=O) groups excluding carboxylic acids is 1. The number of nitrogens with zero attached hydrogens (tertiary/aromatic N) is 3. The van der Waals surface area contributed by atoms with Gasteiger partial charge in [-0.2, -0.15) is 5.10 Å². The third kappa shape index (κ3) is 1.81. The maximum atomic E-state index is 12.3. The van der Waals surface area contributed by atoms with Gasteiger partial charge in [-0.05, 0) is 32.1 Å². The molecule has 0 unspecified atom stereocenters. The lowest BCUT2D eigenvalue weighted by Crippen LogP contribution is -2.51. The molecule has 20 heavy (non-hydrogen) atoms. The molecular formula is C13H15N5O2. The second-order valence-corrected chi connectivity index (χ2v) is 5.61. The summed E-state index contributed by atoms with van der Waals surface area (Å²) in [6.45, 7) is 0. The van der Waals surface area contributed by atoms with Crippen molar-refractivity contribution in [3.8, 4) is 0 Å². The molecule has 2 aliphatic rings. The summed E-state index contributed by atoms with van der Waals surface area (Å²) in [5.74, 6) is 1.23. The highest BCUT2D eigenvalue weighted by Gasteiger charge is 2.43. The maximum Gasteiger partial charge on any atom is 0.290 e. The van der Waals surface area contributed by atoms with Crippen LogP contribution in [0.2, 0.25) is 0 Å². The van der Waals surface area contributed by atoms with E-state index in [0.717, 1.165) is 37.8 Å². The fraction of sp³-hybridized carbons (Fsp3) is 0.538. The van der Waals surface area contributed by atoms with Crippen LogP contribution in [0.3, 0.4) is 0 Å². The Hall–Kier alpha value is -2.18. The molecule has 7 nitrogen and oxygen atoms in total. The molecule has 0 bridgehead atoms. The molecule has 2 aliphatic carbocycles. The molecular weight excluding hydrogens is 258 g/mol. The van der Waals surface area contributed by atoms with Crippen molar-refractivity contribution in [2.75, 3.05) is 0 Å². The van der Waals surface area contributed by atoms with Crippen LogP contribution in [-0.2, 0) is 5.54 Å². The Morgan fingerprint density at radius 1 is 1.45 bits per heavy atom. The first-order chi connectivity index (χ1) is 9.77. The van der Waals surface area contributed by atoms with Crippen molar-refractivity contribution >= 4 is 5.91 Å². The van der Waals surface area contributed by atoms with Crippen molar-refractivity contribution in [1.29, 1.82) is 0 Å². The van der Waals surface area contributed by atoms with E-state index < -0.39 is 5.54 Å². The molecule has 2 saturated carbocycles. The van der Waals surface area contributed by atoms with E-state index in [0.29, 0.717) is 11.7 Å². The van der Waals surface area contributed by atoms with E-state index in [9.17, 15) is 4.79 Å². The average molecular weight is 273 g/mol. The monoisotopic (exact) mass is 273 g/mol. The summed E-state index contributed by atoms with van der Waals surface area (Å²) in [4.78, 5) is 16.5. The van der Waals surface area contributed by atoms with E-state index in [-0.39, 0.29) is 11.7 Å². The van der Waals surface area contributed by atoms with Gasteiger partial charge in [0.15, 0.2) is 0 Å². The van der Waals surface area contributed by atoms with Crippen LogP contribution in [0.15, 0.2) is 16.9 Å². The minimum Gasteiger partial charge on any atom is -0.351 e. The highest BCUT2D eigenvalue weighted by molar-refractivity contribution is 5.92. The van der Waals surface area contributed by atoms with Crippen molar-refractivity contribution < 1.29 is 9.32 Å². The fourth-order valence-corrected chi connectivity index (χ4v) is 2.63. The maximum absolute atomic E-state index is 12.3. The van der Waals surface area contributed by atoms with Crippen LogP contribution < -0.4 is 5.32 Å². The predicted molar refractivity (Wildman–Crippen MR) is 67.9 cm³/mol. The Morgan fingerprint density at radius 3 is 2.90 bits per heavy atom. The SMILES string of the molecule is O=C(NC1(c2ncn[nH]2)CCC1)c1cc(C2CC2)no1. The van der Waals surface area contributed by atoms with Gasteiger partial charge in [-0.3, -0.25) is 9.89 Å². The fourth-order valence-electron chi connectivity index (χ4n) is 2.63. The molecule has 0 aromatic carbocycles. The molecule has 104 valence electrons. The molecule has 7 heteroatoms. The van der Waals surface area contributed by atoms with Crippen LogP contribution in [0.4, 0.5) is 0 Å². The van der Waals surface area contributed by atoms with Crippen LogP contribution in [-0.4, -0.2) is 26.2 Å². The van der Waals surface area contributed by atoms with Crippen LogP contribution in [0.25, 0.3) is 0 Å². The molecule has 1 amide bonds. The minimum atomic E-state index is -0.430. The minimum absolute atomic E-state index is 0.236. The van der Waals surface area contributed by atoms with Gasteiger partial charge in [0, 0.05) is 12.0 Å². The quantitative estimate of drug-likeness (QED) is 0.879. The Bertz CT molecular complexity index is 625. The Kier molecular flexibility index (Phi) is 2.42. The highest BCUT2D eigenvalue weighted by Crippen LogP contribution is 2.41. The second kappa shape index (κ2) is 4.16. The first kappa shape index (κ1) is 11.6. The van der Waals surface area contributed by atoms with Gasteiger partial charge in [-0.25, -0.2) is 4.98 Å². The summed E-state index contributed by atoms with van der Waals surface area (Å²) in [5.41, 5.74) is 0.456. The normalized spacial score (nSPS) is 20.4. The van der Waals surface area contributed by atoms with Crippen molar-refractivity contribution in [2.45, 2.75) is 43.6 Å². The standard InChI is InChI=1S/C13H15N5O2/c19-11(10-6-9(18-20-10)8-2-3-8)16-13(4-1-5-13)12-14-7-15-17-12/h6-8H,1-5H2,(H,16,19)(H,14,15,17). The molecule has 4 rings (SSSR count). The van der Waals surface area contributed by atoms with Gasteiger partial charge in [0.05, 0.1) is 11.2 Å². The summed E-state index contributed by atoms with van der Waals surface area (Å²) in [6, 6.07) is 1.75. The number of amides is 1. The van der Waals surface area contributed by atoms with E-state index in [1.807, 2.05) is 0 Å². The largest absolute Gasteiger partial charge is 0.351 e. The van der Waals surface area contributed by atoms with Gasteiger partial charge in [0.1, 0.15) is 12.2 Å². The number of nitrogens with one attached hydrogen (secondary N) is 2. The van der Waals surface area contributed by atoms with Crippen molar-refractivity contribution in [3.63, 3.8) is 0 Å². The van der Waals surface area contributed by atoms with E-state index in [2.05, 4.69) is 25.7 Å². The van der Waals surface area contributed by atoms with Crippen molar-refractivity contribution in [1.82, 2.24) is 25.7 Å². The van der Waals surface area contributed by atoms with E-state index in [4.69, 9.17) is 4.52 Å². The zero-order valence-corrected chi connectivity index (χ0v) is 10.9. The second-order valence-electron chi connectivity index (χ2n) is 5.61. The molecule has 0 saturated heterocycles. The molecule has 0 radical (unpaired) electrons. The molecule has 2 heterocycles. The Balaban J connectivity index is 1.53. The van der Waals surface area contributed by atoms with Crippen LogP contribution in [0.5, 0.6) is 0 Å². The average Bonchev–Trinajstić information content (AvgIpc) is 2.94. The zero-order valence-electron chi connectivity index (χ0n) is 10.9. The zero-order chi connectivity index (χ0) is 13.6. The number of hydrogen-bond donors (Lipinski definition) is 2. The van der Waals surface area contributed by atoms with Crippen LogP contribution >= 0.6 is 0 Å². The lowest BCUT2D eigenvalue weighted by molar-refractivity contribution is 0.0772. The molecule has 0 spiro atoms. The van der Waals surface area contributed by atoms with Gasteiger partial charge in [0.25, 0.3) is 5.91 Å². The first-order valence-corrected chi connectivity index (χ1v) is 6.92. The number of aromatic amines is 1. The number of carbonyl (C=O) groups is 1. The van der Waals surface area contributed by atoms with E-state index >= 15 is 0 Å². The van der Waals surface area contributed by atoms with Gasteiger partial charge in [-0.1, -0.05) is 5.16 Å². The highest BCUT2D eigenvalue weighted by atomic mass is 16.5. The van der Waals surface area contributed by atoms with Gasteiger partial charge < -0.3 is 9.84 Å². The van der Waals surface area contributed by atoms with Crippen molar-refractivity contribution in [2.24, 2.45) is 0 Å². The number of H-pyrrole nitrogens is 1. The summed E-state index contributed by atoms with van der Waals surface area (Å²) in [7, 11) is 0. The smallest absolute Gasteiger partial charge is 0.290 e. The summed E-state index contributed by atoms with van der Waals surface area (Å²) >= 11 is 0. The van der Waals surface area contributed by atoms with Crippen molar-refractivity contribution in [3.05, 3.63) is 29.7 Å². The molecule has 2 aromatic heterocycles.